The first kappa shape index (κ1) is 31.3. The molecule has 0 heterocycles. The van der Waals surface area contributed by atoms with Crippen LogP contribution in [0.25, 0.3) is 0 Å². The van der Waals surface area contributed by atoms with Crippen LogP contribution in [0.4, 0.5) is 4.79 Å². The Morgan fingerprint density at radius 1 is 1.14 bits per heavy atom. The number of amides is 3. The summed E-state index contributed by atoms with van der Waals surface area (Å²) < 4.78 is 10.3. The zero-order valence-corrected chi connectivity index (χ0v) is 23.5. The Hall–Kier alpha value is -2.75. The van der Waals surface area contributed by atoms with Crippen molar-refractivity contribution >= 4 is 35.6 Å². The SMILES string of the molecule is CCOC(=O)CCNC(=O)C(c1cc(C)ccc1C)N(C)C(=O)C(CCSC)NC(=O)OC(C)(C)C. The van der Waals surface area contributed by atoms with Crippen LogP contribution in [0.5, 0.6) is 0 Å². The molecule has 9 nitrogen and oxygen atoms in total. The van der Waals surface area contributed by atoms with E-state index in [4.69, 9.17) is 9.47 Å². The van der Waals surface area contributed by atoms with E-state index in [0.717, 1.165) is 11.1 Å². The second-order valence-electron chi connectivity index (χ2n) is 9.54. The maximum Gasteiger partial charge on any atom is 0.408 e. The van der Waals surface area contributed by atoms with E-state index in [9.17, 15) is 19.2 Å². The number of thioether (sulfide) groups is 1. The Kier molecular flexibility index (Phi) is 12.8. The summed E-state index contributed by atoms with van der Waals surface area (Å²) in [5.74, 6) is -0.629. The van der Waals surface area contributed by atoms with Crippen molar-refractivity contribution in [2.45, 2.75) is 72.1 Å². The normalized spacial score (nSPS) is 12.8. The molecule has 0 aliphatic carbocycles. The first-order chi connectivity index (χ1) is 16.8. The Morgan fingerprint density at radius 3 is 2.39 bits per heavy atom. The molecule has 3 amide bonds. The van der Waals surface area contributed by atoms with Gasteiger partial charge in [0.1, 0.15) is 17.7 Å². The monoisotopic (exact) mass is 523 g/mol. The second-order valence-corrected chi connectivity index (χ2v) is 10.5. The highest BCUT2D eigenvalue weighted by Gasteiger charge is 2.34. The Bertz CT molecular complexity index is 915. The number of rotatable bonds is 12. The molecule has 0 saturated heterocycles. The minimum atomic E-state index is -0.961. The first-order valence-electron chi connectivity index (χ1n) is 12.1. The highest BCUT2D eigenvalue weighted by Crippen LogP contribution is 2.26. The standard InChI is InChI=1S/C26H41N3O6S/c1-9-34-21(30)12-14-27-23(31)22(19-16-17(2)10-11-18(19)3)29(7)24(32)20(13-15-36-8)28-25(33)35-26(4,5)6/h10-11,16,20,22H,9,12-15H2,1-8H3,(H,27,31)(H,28,33). The van der Waals surface area contributed by atoms with Crippen LogP contribution >= 0.6 is 11.8 Å². The number of esters is 1. The van der Waals surface area contributed by atoms with Crippen molar-refractivity contribution in [3.8, 4) is 0 Å². The van der Waals surface area contributed by atoms with E-state index < -0.39 is 41.6 Å². The van der Waals surface area contributed by atoms with E-state index in [0.29, 0.717) is 17.7 Å². The van der Waals surface area contributed by atoms with E-state index in [1.165, 1.54) is 4.90 Å². The molecule has 1 rings (SSSR count). The van der Waals surface area contributed by atoms with E-state index in [-0.39, 0.29) is 19.6 Å². The molecule has 0 fully saturated rings. The van der Waals surface area contributed by atoms with Gasteiger partial charge < -0.3 is 25.0 Å². The summed E-state index contributed by atoms with van der Waals surface area (Å²) in [4.78, 5) is 52.5. The molecule has 0 bridgehead atoms. The van der Waals surface area contributed by atoms with Gasteiger partial charge in [-0.2, -0.15) is 11.8 Å². The molecule has 0 aliphatic heterocycles. The van der Waals surface area contributed by atoms with Crippen molar-refractivity contribution in [1.29, 1.82) is 0 Å². The van der Waals surface area contributed by atoms with Gasteiger partial charge in [0.25, 0.3) is 0 Å². The summed E-state index contributed by atoms with van der Waals surface area (Å²) in [6.45, 7) is 11.1. The fourth-order valence-electron chi connectivity index (χ4n) is 3.51. The molecule has 10 heteroatoms. The molecule has 0 radical (unpaired) electrons. The van der Waals surface area contributed by atoms with Gasteiger partial charge in [0, 0.05) is 13.6 Å². The number of aryl methyl sites for hydroxylation is 2. The smallest absolute Gasteiger partial charge is 0.408 e. The van der Waals surface area contributed by atoms with Crippen molar-refractivity contribution in [3.63, 3.8) is 0 Å². The second kappa shape index (κ2) is 14.7. The van der Waals surface area contributed by atoms with Gasteiger partial charge in [0.05, 0.1) is 13.0 Å². The maximum atomic E-state index is 13.6. The number of carbonyl (C=O) groups is 4. The number of benzene rings is 1. The predicted octanol–water partition coefficient (Wildman–Crippen LogP) is 3.52. The van der Waals surface area contributed by atoms with Gasteiger partial charge in [-0.3, -0.25) is 14.4 Å². The van der Waals surface area contributed by atoms with Crippen molar-refractivity contribution in [2.24, 2.45) is 0 Å². The molecule has 0 spiro atoms. The van der Waals surface area contributed by atoms with Crippen LogP contribution in [0, 0.1) is 13.8 Å². The third kappa shape index (κ3) is 10.5. The largest absolute Gasteiger partial charge is 0.466 e. The average Bonchev–Trinajstić information content (AvgIpc) is 2.77. The summed E-state index contributed by atoms with van der Waals surface area (Å²) in [6.07, 6.45) is 1.60. The number of nitrogens with zero attached hydrogens (tertiary/aromatic N) is 1. The van der Waals surface area contributed by atoms with Gasteiger partial charge in [-0.05, 0) is 71.1 Å². The van der Waals surface area contributed by atoms with Gasteiger partial charge in [-0.1, -0.05) is 23.8 Å². The summed E-state index contributed by atoms with van der Waals surface area (Å²) in [5, 5.41) is 5.43. The van der Waals surface area contributed by atoms with Crippen LogP contribution in [-0.2, 0) is 23.9 Å². The van der Waals surface area contributed by atoms with Crippen LogP contribution in [-0.4, -0.2) is 72.6 Å². The number of likely N-dealkylation sites (N-methyl/N-ethyl adjacent to an activating group) is 1. The summed E-state index contributed by atoms with van der Waals surface area (Å²) in [5.41, 5.74) is 1.72. The molecule has 2 N–H and O–H groups in total. The quantitative estimate of drug-likeness (QED) is 0.403. The summed E-state index contributed by atoms with van der Waals surface area (Å²) in [7, 11) is 1.54. The summed E-state index contributed by atoms with van der Waals surface area (Å²) in [6, 6.07) is 3.86. The van der Waals surface area contributed by atoms with Gasteiger partial charge in [-0.15, -0.1) is 0 Å². The van der Waals surface area contributed by atoms with Gasteiger partial charge in [-0.25, -0.2) is 4.79 Å². The maximum absolute atomic E-state index is 13.6. The van der Waals surface area contributed by atoms with Crippen molar-refractivity contribution in [3.05, 3.63) is 34.9 Å². The lowest BCUT2D eigenvalue weighted by Gasteiger charge is -2.32. The topological polar surface area (TPSA) is 114 Å². The van der Waals surface area contributed by atoms with Crippen LogP contribution in [0.2, 0.25) is 0 Å². The number of alkyl carbamates (subject to hydrolysis) is 1. The first-order valence-corrected chi connectivity index (χ1v) is 13.5. The fourth-order valence-corrected chi connectivity index (χ4v) is 3.99. The third-order valence-corrected chi connectivity index (χ3v) is 5.89. The van der Waals surface area contributed by atoms with Gasteiger partial charge >= 0.3 is 12.1 Å². The Balaban J connectivity index is 3.23. The molecule has 2 atom stereocenters. The number of hydrogen-bond acceptors (Lipinski definition) is 7. The molecule has 0 saturated carbocycles. The number of nitrogens with one attached hydrogen (secondary N) is 2. The number of hydrogen-bond donors (Lipinski definition) is 2. The lowest BCUT2D eigenvalue weighted by Crippen LogP contribution is -2.52. The van der Waals surface area contributed by atoms with Crippen molar-refractivity contribution in [2.75, 3.05) is 32.2 Å². The zero-order valence-electron chi connectivity index (χ0n) is 22.7. The van der Waals surface area contributed by atoms with Crippen LogP contribution < -0.4 is 10.6 Å². The lowest BCUT2D eigenvalue weighted by atomic mass is 9.96. The Labute approximate surface area is 219 Å². The van der Waals surface area contributed by atoms with Crippen LogP contribution in [0.3, 0.4) is 0 Å². The highest BCUT2D eigenvalue weighted by molar-refractivity contribution is 7.98. The van der Waals surface area contributed by atoms with E-state index in [2.05, 4.69) is 10.6 Å². The highest BCUT2D eigenvalue weighted by atomic mass is 32.2. The third-order valence-electron chi connectivity index (χ3n) is 5.25. The molecule has 0 aliphatic rings. The minimum Gasteiger partial charge on any atom is -0.466 e. The predicted molar refractivity (Wildman–Crippen MR) is 142 cm³/mol. The molecule has 1 aromatic carbocycles. The fraction of sp³-hybridized carbons (Fsp3) is 0.615. The van der Waals surface area contributed by atoms with Crippen molar-refractivity contribution in [1.82, 2.24) is 15.5 Å². The molecule has 2 unspecified atom stereocenters. The van der Waals surface area contributed by atoms with Crippen molar-refractivity contribution < 1.29 is 28.7 Å². The minimum absolute atomic E-state index is 0.0211. The molecule has 0 aromatic heterocycles. The zero-order chi connectivity index (χ0) is 27.5. The average molecular weight is 524 g/mol. The molecular formula is C26H41N3O6S. The van der Waals surface area contributed by atoms with E-state index >= 15 is 0 Å². The molecule has 202 valence electrons. The Morgan fingerprint density at radius 2 is 1.81 bits per heavy atom. The van der Waals surface area contributed by atoms with Gasteiger partial charge in [0.15, 0.2) is 0 Å². The number of ether oxygens (including phenoxy) is 2. The summed E-state index contributed by atoms with van der Waals surface area (Å²) >= 11 is 1.55. The molecular weight excluding hydrogens is 482 g/mol. The molecule has 1 aromatic rings. The van der Waals surface area contributed by atoms with Gasteiger partial charge in [0.2, 0.25) is 11.8 Å². The molecule has 36 heavy (non-hydrogen) atoms. The number of carbonyl (C=O) groups excluding carboxylic acids is 4. The lowest BCUT2D eigenvalue weighted by molar-refractivity contribution is -0.143. The van der Waals surface area contributed by atoms with E-state index in [1.807, 2.05) is 38.3 Å². The van der Waals surface area contributed by atoms with Crippen LogP contribution in [0.15, 0.2) is 18.2 Å². The van der Waals surface area contributed by atoms with E-state index in [1.54, 1.807) is 46.5 Å². The van der Waals surface area contributed by atoms with Crippen LogP contribution in [0.1, 0.15) is 63.3 Å².